The van der Waals surface area contributed by atoms with E-state index in [1.807, 2.05) is 6.92 Å². The first-order chi connectivity index (χ1) is 16.5. The van der Waals surface area contributed by atoms with E-state index in [-0.39, 0.29) is 33.5 Å². The lowest BCUT2D eigenvalue weighted by Crippen LogP contribution is -2.48. The van der Waals surface area contributed by atoms with E-state index in [9.17, 15) is 27.2 Å². The summed E-state index contributed by atoms with van der Waals surface area (Å²) in [5.74, 6) is -2.10. The zero-order chi connectivity index (χ0) is 25.5. The van der Waals surface area contributed by atoms with Gasteiger partial charge in [-0.25, -0.2) is 12.8 Å². The Labute approximate surface area is 206 Å². The number of carbonyl (C=O) groups excluding carboxylic acids is 2. The summed E-state index contributed by atoms with van der Waals surface area (Å²) in [6.07, 6.45) is 3.06. The molecule has 2 aromatic carbocycles. The number of nitrogens with zero attached hydrogens (tertiary/aromatic N) is 1. The second-order valence-electron chi connectivity index (χ2n) is 8.60. The van der Waals surface area contributed by atoms with E-state index in [0.717, 1.165) is 24.5 Å². The van der Waals surface area contributed by atoms with Crippen LogP contribution in [0.5, 0.6) is 0 Å². The van der Waals surface area contributed by atoms with Crippen LogP contribution in [-0.4, -0.2) is 37.3 Å². The zero-order valence-corrected chi connectivity index (χ0v) is 20.5. The molecule has 2 N–H and O–H groups in total. The van der Waals surface area contributed by atoms with Crippen molar-refractivity contribution in [1.82, 2.24) is 14.6 Å². The highest BCUT2D eigenvalue weighted by Crippen LogP contribution is 2.37. The van der Waals surface area contributed by atoms with Gasteiger partial charge < -0.3 is 9.88 Å². The highest BCUT2D eigenvalue weighted by Gasteiger charge is 2.28. The van der Waals surface area contributed by atoms with Gasteiger partial charge in [0.25, 0.3) is 5.91 Å². The number of halogens is 2. The van der Waals surface area contributed by atoms with E-state index in [1.54, 1.807) is 16.7 Å². The summed E-state index contributed by atoms with van der Waals surface area (Å²) in [5, 5.41) is 2.34. The maximum absolute atomic E-state index is 14.1. The predicted molar refractivity (Wildman–Crippen MR) is 130 cm³/mol. The fourth-order valence-corrected chi connectivity index (χ4v) is 5.10. The molecule has 1 fully saturated rings. The van der Waals surface area contributed by atoms with Crippen LogP contribution in [-0.2, 0) is 14.8 Å². The van der Waals surface area contributed by atoms with Crippen molar-refractivity contribution >= 4 is 44.2 Å². The monoisotopic (exact) mass is 519 g/mol. The molecule has 0 spiro atoms. The maximum atomic E-state index is 14.1. The summed E-state index contributed by atoms with van der Waals surface area (Å²) >= 11 is 5.90. The van der Waals surface area contributed by atoms with E-state index in [1.165, 1.54) is 31.3 Å². The zero-order valence-electron chi connectivity index (χ0n) is 19.0. The van der Waals surface area contributed by atoms with Crippen LogP contribution in [0.15, 0.2) is 52.3 Å². The third-order valence-electron chi connectivity index (χ3n) is 5.85. The number of aromatic nitrogens is 1. The number of hydrogen-bond acceptors (Lipinski definition) is 5. The first kappa shape index (κ1) is 25.0. The molecule has 1 aliphatic rings. The minimum absolute atomic E-state index is 0.00893. The Morgan fingerprint density at radius 3 is 2.46 bits per heavy atom. The average Bonchev–Trinajstić information content (AvgIpc) is 3.63. The Balaban J connectivity index is 1.59. The normalized spacial score (nSPS) is 14.6. The summed E-state index contributed by atoms with van der Waals surface area (Å²) in [6.45, 7) is 2.62. The lowest BCUT2D eigenvalue weighted by atomic mass is 10.1. The quantitative estimate of drug-likeness (QED) is 0.474. The molecule has 1 aromatic heterocycles. The van der Waals surface area contributed by atoms with Crippen molar-refractivity contribution in [3.8, 4) is 0 Å². The van der Waals surface area contributed by atoms with Gasteiger partial charge in [-0.1, -0.05) is 29.3 Å². The number of fused-ring (bicyclic) bond motifs is 1. The Bertz CT molecular complexity index is 1500. The summed E-state index contributed by atoms with van der Waals surface area (Å²) < 4.78 is 43.5. The number of pyridine rings is 1. The molecule has 0 saturated heterocycles. The van der Waals surface area contributed by atoms with E-state index < -0.39 is 39.0 Å². The SMILES string of the molecule is CC(=O)C(CNC(=O)c1cn(C2CC2)c2cc(Cl)c(F)cc2c1=O)NS(=O)(=O)c1ccc(C)cc1. The van der Waals surface area contributed by atoms with Crippen LogP contribution >= 0.6 is 11.6 Å². The summed E-state index contributed by atoms with van der Waals surface area (Å²) in [4.78, 5) is 38.0. The van der Waals surface area contributed by atoms with Gasteiger partial charge in [-0.2, -0.15) is 4.72 Å². The fourth-order valence-electron chi connectivity index (χ4n) is 3.69. The van der Waals surface area contributed by atoms with Crippen LogP contribution in [0.4, 0.5) is 4.39 Å². The number of carbonyl (C=O) groups is 2. The lowest BCUT2D eigenvalue weighted by Gasteiger charge is -2.18. The topological polar surface area (TPSA) is 114 Å². The van der Waals surface area contributed by atoms with E-state index in [2.05, 4.69) is 10.0 Å². The molecular formula is C24H23ClFN3O5S. The van der Waals surface area contributed by atoms with Crippen molar-refractivity contribution in [2.45, 2.75) is 43.7 Å². The number of amides is 1. The molecule has 0 aliphatic heterocycles. The molecule has 1 saturated carbocycles. The van der Waals surface area contributed by atoms with Gasteiger partial charge >= 0.3 is 0 Å². The van der Waals surface area contributed by atoms with Gasteiger partial charge in [-0.05, 0) is 51.0 Å². The fraction of sp³-hybridized carbons (Fsp3) is 0.292. The largest absolute Gasteiger partial charge is 0.350 e. The molecule has 0 bridgehead atoms. The first-order valence-corrected chi connectivity index (χ1v) is 12.8. The number of rotatable bonds is 8. The van der Waals surface area contributed by atoms with Gasteiger partial charge in [-0.15, -0.1) is 0 Å². The minimum Gasteiger partial charge on any atom is -0.350 e. The Kier molecular flexibility index (Phi) is 6.81. The number of sulfonamides is 1. The molecule has 3 aromatic rings. The number of nitrogens with one attached hydrogen (secondary N) is 2. The molecular weight excluding hydrogens is 497 g/mol. The molecule has 1 heterocycles. The minimum atomic E-state index is -4.03. The van der Waals surface area contributed by atoms with Crippen molar-refractivity contribution < 1.29 is 22.4 Å². The maximum Gasteiger partial charge on any atom is 0.256 e. The van der Waals surface area contributed by atoms with E-state index in [0.29, 0.717) is 5.52 Å². The number of hydrogen-bond donors (Lipinski definition) is 2. The molecule has 11 heteroatoms. The Morgan fingerprint density at radius 2 is 1.86 bits per heavy atom. The van der Waals surface area contributed by atoms with E-state index in [4.69, 9.17) is 11.6 Å². The summed E-state index contributed by atoms with van der Waals surface area (Å²) in [5.41, 5.74) is 0.362. The third-order valence-corrected chi connectivity index (χ3v) is 7.62. The van der Waals surface area contributed by atoms with Crippen LogP contribution < -0.4 is 15.5 Å². The third kappa shape index (κ3) is 5.29. The van der Waals surface area contributed by atoms with Gasteiger partial charge in [-0.3, -0.25) is 14.4 Å². The van der Waals surface area contributed by atoms with Crippen molar-refractivity contribution in [2.24, 2.45) is 0 Å². The smallest absolute Gasteiger partial charge is 0.256 e. The molecule has 1 aliphatic carbocycles. The molecule has 4 rings (SSSR count). The molecule has 184 valence electrons. The molecule has 1 amide bonds. The van der Waals surface area contributed by atoms with Crippen molar-refractivity contribution in [3.05, 3.63) is 74.8 Å². The molecule has 35 heavy (non-hydrogen) atoms. The van der Waals surface area contributed by atoms with Crippen LogP contribution in [0, 0.1) is 12.7 Å². The van der Waals surface area contributed by atoms with Crippen LogP contribution in [0.2, 0.25) is 5.02 Å². The van der Waals surface area contributed by atoms with Crippen LogP contribution in [0.1, 0.15) is 41.7 Å². The lowest BCUT2D eigenvalue weighted by molar-refractivity contribution is -0.118. The molecule has 8 nitrogen and oxygen atoms in total. The number of benzene rings is 2. The molecule has 1 atom stereocenters. The Morgan fingerprint density at radius 1 is 1.20 bits per heavy atom. The van der Waals surface area contributed by atoms with Gasteiger partial charge in [0.2, 0.25) is 15.5 Å². The number of Topliss-reactive ketones (excluding diaryl/α,β-unsaturated/α-hetero) is 1. The number of ketones is 1. The van der Waals surface area contributed by atoms with Crippen molar-refractivity contribution in [3.63, 3.8) is 0 Å². The van der Waals surface area contributed by atoms with Crippen molar-refractivity contribution in [2.75, 3.05) is 6.54 Å². The highest BCUT2D eigenvalue weighted by atomic mass is 35.5. The summed E-state index contributed by atoms with van der Waals surface area (Å²) in [6, 6.07) is 7.23. The van der Waals surface area contributed by atoms with Gasteiger partial charge in [0, 0.05) is 24.2 Å². The first-order valence-electron chi connectivity index (χ1n) is 10.9. The second-order valence-corrected chi connectivity index (χ2v) is 10.7. The molecule has 1 unspecified atom stereocenters. The van der Waals surface area contributed by atoms with Gasteiger partial charge in [0.15, 0.2) is 0 Å². The average molecular weight is 520 g/mol. The standard InChI is InChI=1S/C24H23ClFN3O5S/c1-13-3-7-16(8-4-13)35(33,34)28-21(14(2)30)11-27-24(32)18-12-29(15-5-6-15)22-10-19(25)20(26)9-17(22)23(18)31/h3-4,7-10,12,15,21,28H,5-6,11H2,1-2H3,(H,27,32). The Hall–Kier alpha value is -3.08. The van der Waals surface area contributed by atoms with Crippen LogP contribution in [0.25, 0.3) is 10.9 Å². The second kappa shape index (κ2) is 9.52. The molecule has 0 radical (unpaired) electrons. The van der Waals surface area contributed by atoms with Crippen molar-refractivity contribution in [1.29, 1.82) is 0 Å². The van der Waals surface area contributed by atoms with Gasteiger partial charge in [0.05, 0.1) is 21.5 Å². The number of aryl methyl sites for hydroxylation is 1. The van der Waals surface area contributed by atoms with E-state index >= 15 is 0 Å². The predicted octanol–water partition coefficient (Wildman–Crippen LogP) is 3.10. The highest BCUT2D eigenvalue weighted by molar-refractivity contribution is 7.89. The summed E-state index contributed by atoms with van der Waals surface area (Å²) in [7, 11) is -4.03. The van der Waals surface area contributed by atoms with Crippen LogP contribution in [0.3, 0.4) is 0 Å². The van der Waals surface area contributed by atoms with Gasteiger partial charge in [0.1, 0.15) is 17.2 Å².